The molecular formula is C16H16ClNO4S. The lowest BCUT2D eigenvalue weighted by molar-refractivity contribution is 0.316. The van der Waals surface area contributed by atoms with E-state index >= 15 is 0 Å². The molecule has 2 aromatic carbocycles. The summed E-state index contributed by atoms with van der Waals surface area (Å²) in [4.78, 5) is 0.242. The average molecular weight is 354 g/mol. The number of sulfonamides is 1. The van der Waals surface area contributed by atoms with Crippen LogP contribution in [-0.4, -0.2) is 28.7 Å². The first-order chi connectivity index (χ1) is 10.9. The van der Waals surface area contributed by atoms with E-state index in [2.05, 4.69) is 0 Å². The molecule has 0 radical (unpaired) electrons. The number of nitrogens with zero attached hydrogens (tertiary/aromatic N) is 1. The number of hydrogen-bond acceptors (Lipinski definition) is 4. The van der Waals surface area contributed by atoms with Crippen molar-refractivity contribution in [2.24, 2.45) is 0 Å². The standard InChI is InChI=1S/C16H16ClNO4S/c1-11-9-13(21-2)4-6-16(11)23(19,20)18-7-8-22-15-5-3-12(17)10-14(15)18/h3-6,9-10H,7-8H2,1-2H3. The van der Waals surface area contributed by atoms with Gasteiger partial charge in [-0.1, -0.05) is 11.6 Å². The predicted octanol–water partition coefficient (Wildman–Crippen LogP) is 3.24. The Morgan fingerprint density at radius 3 is 2.70 bits per heavy atom. The van der Waals surface area contributed by atoms with Gasteiger partial charge >= 0.3 is 0 Å². The van der Waals surface area contributed by atoms with Gasteiger partial charge in [0.25, 0.3) is 10.0 Å². The number of methoxy groups -OCH3 is 1. The quantitative estimate of drug-likeness (QED) is 0.850. The highest BCUT2D eigenvalue weighted by Gasteiger charge is 2.31. The highest BCUT2D eigenvalue weighted by Crippen LogP contribution is 2.38. The summed E-state index contributed by atoms with van der Waals surface area (Å²) in [6.45, 7) is 2.28. The minimum absolute atomic E-state index is 0.237. The van der Waals surface area contributed by atoms with E-state index in [1.54, 1.807) is 50.4 Å². The van der Waals surface area contributed by atoms with Gasteiger partial charge in [0.15, 0.2) is 0 Å². The van der Waals surface area contributed by atoms with Gasteiger partial charge in [0, 0.05) is 5.02 Å². The van der Waals surface area contributed by atoms with Crippen LogP contribution < -0.4 is 13.8 Å². The molecule has 0 N–H and O–H groups in total. The summed E-state index contributed by atoms with van der Waals surface area (Å²) in [5.41, 5.74) is 1.08. The van der Waals surface area contributed by atoms with Crippen LogP contribution in [0.5, 0.6) is 11.5 Å². The number of rotatable bonds is 3. The fourth-order valence-electron chi connectivity index (χ4n) is 2.57. The molecule has 1 aliphatic heterocycles. The summed E-state index contributed by atoms with van der Waals surface area (Å²) in [6.07, 6.45) is 0. The molecule has 0 aromatic heterocycles. The molecule has 122 valence electrons. The van der Waals surface area contributed by atoms with E-state index in [0.29, 0.717) is 34.4 Å². The van der Waals surface area contributed by atoms with E-state index < -0.39 is 10.0 Å². The molecule has 2 aromatic rings. The largest absolute Gasteiger partial charge is 0.497 e. The van der Waals surface area contributed by atoms with Crippen molar-refractivity contribution in [2.75, 3.05) is 24.6 Å². The van der Waals surface area contributed by atoms with E-state index in [9.17, 15) is 8.42 Å². The summed E-state index contributed by atoms with van der Waals surface area (Å²) in [7, 11) is -2.16. The van der Waals surface area contributed by atoms with Crippen LogP contribution in [-0.2, 0) is 10.0 Å². The smallest absolute Gasteiger partial charge is 0.264 e. The first-order valence-electron chi connectivity index (χ1n) is 7.03. The normalized spacial score (nSPS) is 14.1. The second-order valence-electron chi connectivity index (χ2n) is 5.17. The predicted molar refractivity (Wildman–Crippen MR) is 89.2 cm³/mol. The third-order valence-electron chi connectivity index (χ3n) is 3.69. The van der Waals surface area contributed by atoms with Crippen molar-refractivity contribution in [1.29, 1.82) is 0 Å². The van der Waals surface area contributed by atoms with Gasteiger partial charge in [-0.05, 0) is 48.9 Å². The minimum Gasteiger partial charge on any atom is -0.497 e. The first kappa shape index (κ1) is 16.0. The van der Waals surface area contributed by atoms with Crippen molar-refractivity contribution >= 4 is 27.3 Å². The number of benzene rings is 2. The van der Waals surface area contributed by atoms with Crippen molar-refractivity contribution in [3.63, 3.8) is 0 Å². The summed E-state index contributed by atoms with van der Waals surface area (Å²) < 4.78 is 38.1. The Labute approximate surface area is 140 Å². The minimum atomic E-state index is -3.71. The molecule has 0 fully saturated rings. The third-order valence-corrected chi connectivity index (χ3v) is 5.90. The van der Waals surface area contributed by atoms with Crippen molar-refractivity contribution < 1.29 is 17.9 Å². The van der Waals surface area contributed by atoms with Gasteiger partial charge in [-0.25, -0.2) is 8.42 Å². The summed E-state index contributed by atoms with van der Waals surface area (Å²) in [5.74, 6) is 1.13. The lowest BCUT2D eigenvalue weighted by Crippen LogP contribution is -2.38. The molecule has 1 heterocycles. The molecular weight excluding hydrogens is 338 g/mol. The van der Waals surface area contributed by atoms with Gasteiger partial charge < -0.3 is 9.47 Å². The van der Waals surface area contributed by atoms with Crippen LogP contribution in [0.4, 0.5) is 5.69 Å². The van der Waals surface area contributed by atoms with Gasteiger partial charge in [0.05, 0.1) is 24.2 Å². The molecule has 0 saturated heterocycles. The number of hydrogen-bond donors (Lipinski definition) is 0. The number of halogens is 1. The molecule has 0 atom stereocenters. The molecule has 7 heteroatoms. The Morgan fingerprint density at radius 2 is 2.00 bits per heavy atom. The maximum atomic E-state index is 13.1. The fourth-order valence-corrected chi connectivity index (χ4v) is 4.40. The number of aryl methyl sites for hydroxylation is 1. The van der Waals surface area contributed by atoms with Crippen LogP contribution >= 0.6 is 11.6 Å². The SMILES string of the molecule is COc1ccc(S(=O)(=O)N2CCOc3ccc(Cl)cc32)c(C)c1. The molecule has 0 bridgehead atoms. The van der Waals surface area contributed by atoms with Crippen molar-refractivity contribution in [3.8, 4) is 11.5 Å². The maximum absolute atomic E-state index is 13.1. The molecule has 0 spiro atoms. The third kappa shape index (κ3) is 2.84. The molecule has 23 heavy (non-hydrogen) atoms. The molecule has 0 amide bonds. The molecule has 5 nitrogen and oxygen atoms in total. The Hall–Kier alpha value is -1.92. The highest BCUT2D eigenvalue weighted by molar-refractivity contribution is 7.92. The van der Waals surface area contributed by atoms with Crippen molar-refractivity contribution in [1.82, 2.24) is 0 Å². The molecule has 0 aliphatic carbocycles. The van der Waals surface area contributed by atoms with Crippen molar-refractivity contribution in [2.45, 2.75) is 11.8 Å². The van der Waals surface area contributed by atoms with E-state index in [-0.39, 0.29) is 11.4 Å². The van der Waals surface area contributed by atoms with E-state index in [4.69, 9.17) is 21.1 Å². The van der Waals surface area contributed by atoms with Gasteiger partial charge in [0.1, 0.15) is 18.1 Å². The Kier molecular flexibility index (Phi) is 4.12. The van der Waals surface area contributed by atoms with Gasteiger partial charge in [-0.3, -0.25) is 4.31 Å². The maximum Gasteiger partial charge on any atom is 0.264 e. The fraction of sp³-hybridized carbons (Fsp3) is 0.250. The summed E-state index contributed by atoms with van der Waals surface area (Å²) in [5, 5.41) is 0.459. The Balaban J connectivity index is 2.10. The molecule has 1 aliphatic rings. The van der Waals surface area contributed by atoms with Gasteiger partial charge in [-0.2, -0.15) is 0 Å². The summed E-state index contributed by atoms with van der Waals surface area (Å²) >= 11 is 6.02. The Bertz CT molecular complexity index is 851. The number of anilines is 1. The average Bonchev–Trinajstić information content (AvgIpc) is 2.53. The van der Waals surface area contributed by atoms with Crippen LogP contribution in [0.15, 0.2) is 41.3 Å². The number of fused-ring (bicyclic) bond motifs is 1. The van der Waals surface area contributed by atoms with E-state index in [1.165, 1.54) is 4.31 Å². The second-order valence-corrected chi connectivity index (χ2v) is 7.44. The zero-order chi connectivity index (χ0) is 16.6. The first-order valence-corrected chi connectivity index (χ1v) is 8.85. The van der Waals surface area contributed by atoms with Crippen LogP contribution in [0.25, 0.3) is 0 Å². The highest BCUT2D eigenvalue weighted by atomic mass is 35.5. The zero-order valence-corrected chi connectivity index (χ0v) is 14.3. The van der Waals surface area contributed by atoms with Crippen LogP contribution in [0.2, 0.25) is 5.02 Å². The topological polar surface area (TPSA) is 55.8 Å². The Morgan fingerprint density at radius 1 is 1.22 bits per heavy atom. The summed E-state index contributed by atoms with van der Waals surface area (Å²) in [6, 6.07) is 9.86. The number of ether oxygens (including phenoxy) is 2. The van der Waals surface area contributed by atoms with Gasteiger partial charge in [0.2, 0.25) is 0 Å². The van der Waals surface area contributed by atoms with Crippen molar-refractivity contribution in [3.05, 3.63) is 47.0 Å². The second kappa shape index (κ2) is 5.94. The van der Waals surface area contributed by atoms with Crippen LogP contribution in [0, 0.1) is 6.92 Å². The molecule has 0 saturated carbocycles. The lowest BCUT2D eigenvalue weighted by atomic mass is 10.2. The van der Waals surface area contributed by atoms with Crippen LogP contribution in [0.1, 0.15) is 5.56 Å². The van der Waals surface area contributed by atoms with Crippen LogP contribution in [0.3, 0.4) is 0 Å². The molecule has 0 unspecified atom stereocenters. The van der Waals surface area contributed by atoms with Gasteiger partial charge in [-0.15, -0.1) is 0 Å². The zero-order valence-electron chi connectivity index (χ0n) is 12.7. The molecule has 3 rings (SSSR count). The monoisotopic (exact) mass is 353 g/mol. The lowest BCUT2D eigenvalue weighted by Gasteiger charge is -2.31. The van der Waals surface area contributed by atoms with E-state index in [1.807, 2.05) is 0 Å². The van der Waals surface area contributed by atoms with E-state index in [0.717, 1.165) is 0 Å².